The predicted molar refractivity (Wildman–Crippen MR) is 74.1 cm³/mol. The van der Waals surface area contributed by atoms with Crippen molar-refractivity contribution in [3.8, 4) is 0 Å². The van der Waals surface area contributed by atoms with Crippen molar-refractivity contribution >= 4 is 0 Å². The number of allylic oxidation sites excluding steroid dienone is 1. The normalized spacial score (nSPS) is 24.6. The van der Waals surface area contributed by atoms with Gasteiger partial charge in [0.15, 0.2) is 0 Å². The van der Waals surface area contributed by atoms with Crippen LogP contribution < -0.4 is 0 Å². The van der Waals surface area contributed by atoms with E-state index >= 15 is 0 Å². The summed E-state index contributed by atoms with van der Waals surface area (Å²) >= 11 is 0. The van der Waals surface area contributed by atoms with Gasteiger partial charge in [0, 0.05) is 32.2 Å². The average molecular weight is 236 g/mol. The molecule has 1 heterocycles. The summed E-state index contributed by atoms with van der Waals surface area (Å²) in [7, 11) is 0. The van der Waals surface area contributed by atoms with Crippen LogP contribution in [-0.4, -0.2) is 42.0 Å². The van der Waals surface area contributed by atoms with Crippen LogP contribution in [0.15, 0.2) is 12.3 Å². The molecule has 0 atom stereocenters. The van der Waals surface area contributed by atoms with Gasteiger partial charge in [0.05, 0.1) is 0 Å². The summed E-state index contributed by atoms with van der Waals surface area (Å²) < 4.78 is 0. The number of nitrogens with zero attached hydrogens (tertiary/aromatic N) is 2. The number of unbranched alkanes of at least 4 members (excludes halogenated alkanes) is 1. The van der Waals surface area contributed by atoms with Crippen LogP contribution in [0.5, 0.6) is 0 Å². The lowest BCUT2D eigenvalue weighted by Gasteiger charge is -2.40. The molecule has 0 amide bonds. The fourth-order valence-corrected chi connectivity index (χ4v) is 3.09. The Labute approximate surface area is 107 Å². The van der Waals surface area contributed by atoms with Crippen molar-refractivity contribution in [2.24, 2.45) is 0 Å². The zero-order valence-electron chi connectivity index (χ0n) is 11.4. The summed E-state index contributed by atoms with van der Waals surface area (Å²) in [5.74, 6) is 0. The van der Waals surface area contributed by atoms with Crippen LogP contribution in [0, 0.1) is 0 Å². The second-order valence-corrected chi connectivity index (χ2v) is 5.54. The molecule has 1 aliphatic heterocycles. The summed E-state index contributed by atoms with van der Waals surface area (Å²) in [4.78, 5) is 5.23. The lowest BCUT2D eigenvalue weighted by Crippen LogP contribution is -2.49. The third kappa shape index (κ3) is 4.02. The Bertz CT molecular complexity index is 223. The molecular weight excluding hydrogens is 208 g/mol. The van der Waals surface area contributed by atoms with Gasteiger partial charge in [-0.25, -0.2) is 0 Å². The molecule has 2 nitrogen and oxygen atoms in total. The van der Waals surface area contributed by atoms with Crippen molar-refractivity contribution in [2.75, 3.05) is 26.2 Å². The topological polar surface area (TPSA) is 6.48 Å². The van der Waals surface area contributed by atoms with Crippen LogP contribution in [0.3, 0.4) is 0 Å². The summed E-state index contributed by atoms with van der Waals surface area (Å²) in [5.41, 5.74) is 0. The monoisotopic (exact) mass is 236 g/mol. The van der Waals surface area contributed by atoms with Gasteiger partial charge in [-0.2, -0.15) is 0 Å². The van der Waals surface area contributed by atoms with Crippen molar-refractivity contribution < 1.29 is 0 Å². The number of rotatable bonds is 4. The summed E-state index contributed by atoms with van der Waals surface area (Å²) in [6.07, 6.45) is 14.4. The maximum atomic E-state index is 2.74. The Morgan fingerprint density at radius 1 is 1.00 bits per heavy atom. The number of hydrogen-bond acceptors (Lipinski definition) is 2. The first kappa shape index (κ1) is 12.9. The molecule has 2 heteroatoms. The summed E-state index contributed by atoms with van der Waals surface area (Å²) in [6, 6.07) is 0.908. The minimum atomic E-state index is 0.908. The van der Waals surface area contributed by atoms with E-state index < -0.39 is 0 Å². The van der Waals surface area contributed by atoms with Gasteiger partial charge >= 0.3 is 0 Å². The standard InChI is InChI=1S/C15H28N2/c1-2-3-7-10-16-11-13-17(14-12-16)15-8-5-4-6-9-15/h7,10,15H,2-6,8-9,11-14H2,1H3. The van der Waals surface area contributed by atoms with E-state index in [-0.39, 0.29) is 0 Å². The molecule has 0 aromatic rings. The highest BCUT2D eigenvalue weighted by molar-refractivity contribution is 4.87. The molecule has 2 aliphatic rings. The minimum absolute atomic E-state index is 0.908. The SMILES string of the molecule is CCCC=CN1CCN(C2CCCCC2)CC1. The number of hydrogen-bond donors (Lipinski definition) is 0. The Morgan fingerprint density at radius 2 is 1.71 bits per heavy atom. The minimum Gasteiger partial charge on any atom is -0.375 e. The van der Waals surface area contributed by atoms with Crippen molar-refractivity contribution in [1.29, 1.82) is 0 Å². The lowest BCUT2D eigenvalue weighted by atomic mass is 9.94. The molecule has 0 spiro atoms. The first-order chi connectivity index (χ1) is 8.40. The first-order valence-electron chi connectivity index (χ1n) is 7.55. The van der Waals surface area contributed by atoms with Crippen LogP contribution in [0.4, 0.5) is 0 Å². The van der Waals surface area contributed by atoms with E-state index in [1.807, 2.05) is 0 Å². The molecule has 1 aliphatic carbocycles. The smallest absolute Gasteiger partial charge is 0.0300 e. The average Bonchev–Trinajstić information content (AvgIpc) is 2.41. The highest BCUT2D eigenvalue weighted by atomic mass is 15.3. The molecule has 0 aromatic heterocycles. The molecule has 2 rings (SSSR count). The van der Waals surface area contributed by atoms with Crippen molar-refractivity contribution in [3.05, 3.63) is 12.3 Å². The fraction of sp³-hybridized carbons (Fsp3) is 0.867. The van der Waals surface area contributed by atoms with Crippen molar-refractivity contribution in [2.45, 2.75) is 57.9 Å². The first-order valence-corrected chi connectivity index (χ1v) is 7.55. The van der Waals surface area contributed by atoms with E-state index in [2.05, 4.69) is 29.0 Å². The summed E-state index contributed by atoms with van der Waals surface area (Å²) in [6.45, 7) is 7.26. The highest BCUT2D eigenvalue weighted by Gasteiger charge is 2.23. The van der Waals surface area contributed by atoms with Gasteiger partial charge in [-0.05, 0) is 25.5 Å². The molecule has 0 radical (unpaired) electrons. The van der Waals surface area contributed by atoms with Crippen LogP contribution in [0.2, 0.25) is 0 Å². The Kier molecular flexibility index (Phi) is 5.37. The van der Waals surface area contributed by atoms with Crippen LogP contribution in [-0.2, 0) is 0 Å². The Balaban J connectivity index is 1.69. The summed E-state index contributed by atoms with van der Waals surface area (Å²) in [5, 5.41) is 0. The second-order valence-electron chi connectivity index (χ2n) is 5.54. The van der Waals surface area contributed by atoms with Crippen LogP contribution >= 0.6 is 0 Å². The van der Waals surface area contributed by atoms with Crippen LogP contribution in [0.1, 0.15) is 51.9 Å². The van der Waals surface area contributed by atoms with Gasteiger partial charge in [-0.15, -0.1) is 0 Å². The van der Waals surface area contributed by atoms with Gasteiger partial charge < -0.3 is 4.90 Å². The molecule has 0 bridgehead atoms. The Morgan fingerprint density at radius 3 is 2.35 bits per heavy atom. The van der Waals surface area contributed by atoms with E-state index in [4.69, 9.17) is 0 Å². The zero-order chi connectivity index (χ0) is 11.9. The molecule has 1 saturated heterocycles. The molecule has 0 N–H and O–H groups in total. The largest absolute Gasteiger partial charge is 0.375 e. The molecule has 0 unspecified atom stereocenters. The predicted octanol–water partition coefficient (Wildman–Crippen LogP) is 3.25. The molecular formula is C15H28N2. The molecule has 1 saturated carbocycles. The fourth-order valence-electron chi connectivity index (χ4n) is 3.09. The van der Waals surface area contributed by atoms with E-state index in [0.29, 0.717) is 0 Å². The van der Waals surface area contributed by atoms with Gasteiger partial charge in [0.2, 0.25) is 0 Å². The van der Waals surface area contributed by atoms with Crippen LogP contribution in [0.25, 0.3) is 0 Å². The molecule has 98 valence electrons. The van der Waals surface area contributed by atoms with E-state index in [0.717, 1.165) is 6.04 Å². The van der Waals surface area contributed by atoms with Gasteiger partial charge in [-0.1, -0.05) is 38.7 Å². The quantitative estimate of drug-likeness (QED) is 0.739. The molecule has 2 fully saturated rings. The lowest BCUT2D eigenvalue weighted by molar-refractivity contribution is 0.0994. The van der Waals surface area contributed by atoms with Crippen molar-refractivity contribution in [1.82, 2.24) is 9.80 Å². The van der Waals surface area contributed by atoms with Gasteiger partial charge in [0.1, 0.15) is 0 Å². The number of piperazine rings is 1. The second kappa shape index (κ2) is 7.05. The van der Waals surface area contributed by atoms with Crippen molar-refractivity contribution in [3.63, 3.8) is 0 Å². The zero-order valence-corrected chi connectivity index (χ0v) is 11.4. The third-order valence-electron chi connectivity index (χ3n) is 4.21. The maximum Gasteiger partial charge on any atom is 0.0300 e. The van der Waals surface area contributed by atoms with E-state index in [9.17, 15) is 0 Å². The van der Waals surface area contributed by atoms with Gasteiger partial charge in [-0.3, -0.25) is 4.90 Å². The Hall–Kier alpha value is -0.500. The highest BCUT2D eigenvalue weighted by Crippen LogP contribution is 2.23. The van der Waals surface area contributed by atoms with E-state index in [1.165, 1.54) is 71.1 Å². The molecule has 0 aromatic carbocycles. The maximum absolute atomic E-state index is 2.74. The molecule has 17 heavy (non-hydrogen) atoms. The third-order valence-corrected chi connectivity index (χ3v) is 4.21. The van der Waals surface area contributed by atoms with Gasteiger partial charge in [0.25, 0.3) is 0 Å². The van der Waals surface area contributed by atoms with E-state index in [1.54, 1.807) is 0 Å².